The quantitative estimate of drug-likeness (QED) is 0.580. The van der Waals surface area contributed by atoms with E-state index in [2.05, 4.69) is 0 Å². The van der Waals surface area contributed by atoms with Gasteiger partial charge in [0.25, 0.3) is 0 Å². The van der Waals surface area contributed by atoms with Gasteiger partial charge in [-0.25, -0.2) is 0 Å². The van der Waals surface area contributed by atoms with Gasteiger partial charge in [0.15, 0.2) is 5.78 Å². The SMILES string of the molecule is CCOC(=O)CC(=O)C(C)(C)c1ccccc1. The molecule has 0 atom stereocenters. The number of carbonyl (C=O) groups is 2. The van der Waals surface area contributed by atoms with Crippen molar-refractivity contribution in [1.29, 1.82) is 0 Å². The lowest BCUT2D eigenvalue weighted by atomic mass is 9.79. The highest BCUT2D eigenvalue weighted by Gasteiger charge is 2.30. The van der Waals surface area contributed by atoms with Gasteiger partial charge in [0, 0.05) is 5.41 Å². The van der Waals surface area contributed by atoms with Gasteiger partial charge < -0.3 is 4.74 Å². The lowest BCUT2D eigenvalue weighted by molar-refractivity contribution is -0.146. The molecule has 0 aromatic heterocycles. The van der Waals surface area contributed by atoms with E-state index in [0.717, 1.165) is 5.56 Å². The molecule has 0 aliphatic rings. The molecule has 0 amide bonds. The van der Waals surface area contributed by atoms with Crippen LogP contribution in [0.2, 0.25) is 0 Å². The van der Waals surface area contributed by atoms with Crippen molar-refractivity contribution < 1.29 is 14.3 Å². The summed E-state index contributed by atoms with van der Waals surface area (Å²) in [7, 11) is 0. The highest BCUT2D eigenvalue weighted by molar-refractivity contribution is 6.01. The Hall–Kier alpha value is -1.64. The third-order valence-corrected chi connectivity index (χ3v) is 2.80. The summed E-state index contributed by atoms with van der Waals surface area (Å²) >= 11 is 0. The van der Waals surface area contributed by atoms with Gasteiger partial charge in [-0.15, -0.1) is 0 Å². The van der Waals surface area contributed by atoms with Crippen molar-refractivity contribution in [1.82, 2.24) is 0 Å². The molecule has 0 heterocycles. The first kappa shape index (κ1) is 13.4. The highest BCUT2D eigenvalue weighted by atomic mass is 16.5. The number of ether oxygens (including phenoxy) is 1. The average Bonchev–Trinajstić information content (AvgIpc) is 2.30. The van der Waals surface area contributed by atoms with Gasteiger partial charge in [0.1, 0.15) is 6.42 Å². The molecule has 17 heavy (non-hydrogen) atoms. The third kappa shape index (κ3) is 3.41. The summed E-state index contributed by atoms with van der Waals surface area (Å²) in [6.45, 7) is 5.68. The van der Waals surface area contributed by atoms with Crippen LogP contribution < -0.4 is 0 Å². The van der Waals surface area contributed by atoms with Crippen LogP contribution in [0.1, 0.15) is 32.8 Å². The van der Waals surface area contributed by atoms with E-state index in [0.29, 0.717) is 6.61 Å². The van der Waals surface area contributed by atoms with Gasteiger partial charge in [-0.05, 0) is 26.3 Å². The Morgan fingerprint density at radius 2 is 1.76 bits per heavy atom. The molecule has 92 valence electrons. The normalized spacial score (nSPS) is 11.0. The number of benzene rings is 1. The van der Waals surface area contributed by atoms with Crippen LogP contribution in [0, 0.1) is 0 Å². The van der Waals surface area contributed by atoms with E-state index < -0.39 is 11.4 Å². The van der Waals surface area contributed by atoms with Crippen molar-refractivity contribution in [3.8, 4) is 0 Å². The van der Waals surface area contributed by atoms with Crippen molar-refractivity contribution in [2.24, 2.45) is 0 Å². The van der Waals surface area contributed by atoms with E-state index in [4.69, 9.17) is 4.74 Å². The number of esters is 1. The van der Waals surface area contributed by atoms with Gasteiger partial charge in [0.05, 0.1) is 6.61 Å². The molecule has 0 saturated carbocycles. The van der Waals surface area contributed by atoms with Crippen LogP contribution >= 0.6 is 0 Å². The maximum atomic E-state index is 12.0. The minimum Gasteiger partial charge on any atom is -0.466 e. The fourth-order valence-corrected chi connectivity index (χ4v) is 1.58. The minimum absolute atomic E-state index is 0.123. The molecule has 0 radical (unpaired) electrons. The fourth-order valence-electron chi connectivity index (χ4n) is 1.58. The van der Waals surface area contributed by atoms with Gasteiger partial charge >= 0.3 is 5.97 Å². The summed E-state index contributed by atoms with van der Waals surface area (Å²) in [6, 6.07) is 9.45. The predicted octanol–water partition coefficient (Wildman–Crippen LogP) is 2.49. The molecule has 0 spiro atoms. The smallest absolute Gasteiger partial charge is 0.313 e. The lowest BCUT2D eigenvalue weighted by Crippen LogP contribution is -2.31. The summed E-state index contributed by atoms with van der Waals surface area (Å²) < 4.78 is 4.78. The molecule has 0 fully saturated rings. The summed E-state index contributed by atoms with van der Waals surface area (Å²) in [6.07, 6.45) is -0.171. The Morgan fingerprint density at radius 3 is 2.29 bits per heavy atom. The number of hydrogen-bond donors (Lipinski definition) is 0. The van der Waals surface area contributed by atoms with E-state index in [1.807, 2.05) is 44.2 Å². The summed E-state index contributed by atoms with van der Waals surface area (Å²) in [5.41, 5.74) is 0.253. The first-order valence-electron chi connectivity index (χ1n) is 5.73. The zero-order chi connectivity index (χ0) is 12.9. The van der Waals surface area contributed by atoms with E-state index in [9.17, 15) is 9.59 Å². The number of rotatable bonds is 5. The molecular weight excluding hydrogens is 216 g/mol. The molecule has 3 heteroatoms. The first-order valence-corrected chi connectivity index (χ1v) is 5.73. The standard InChI is InChI=1S/C14H18O3/c1-4-17-13(16)10-12(15)14(2,3)11-8-6-5-7-9-11/h5-9H,4,10H2,1-3H3. The van der Waals surface area contributed by atoms with Gasteiger partial charge in [-0.1, -0.05) is 30.3 Å². The van der Waals surface area contributed by atoms with E-state index in [-0.39, 0.29) is 12.2 Å². The Bertz CT molecular complexity index is 393. The first-order chi connectivity index (χ1) is 7.98. The van der Waals surface area contributed by atoms with E-state index >= 15 is 0 Å². The van der Waals surface area contributed by atoms with Gasteiger partial charge in [-0.3, -0.25) is 9.59 Å². The van der Waals surface area contributed by atoms with Crippen LogP contribution in [0.5, 0.6) is 0 Å². The van der Waals surface area contributed by atoms with Crippen molar-refractivity contribution in [3.63, 3.8) is 0 Å². The molecule has 0 bridgehead atoms. The van der Waals surface area contributed by atoms with Crippen LogP contribution in [0.15, 0.2) is 30.3 Å². The van der Waals surface area contributed by atoms with Crippen LogP contribution in [0.3, 0.4) is 0 Å². The number of Topliss-reactive ketones (excluding diaryl/α,β-unsaturated/α-hetero) is 1. The lowest BCUT2D eigenvalue weighted by Gasteiger charge is -2.23. The molecule has 3 nitrogen and oxygen atoms in total. The second-order valence-electron chi connectivity index (χ2n) is 4.40. The maximum Gasteiger partial charge on any atom is 0.313 e. The summed E-state index contributed by atoms with van der Waals surface area (Å²) in [5.74, 6) is -0.580. The van der Waals surface area contributed by atoms with Crippen molar-refractivity contribution in [2.45, 2.75) is 32.6 Å². The predicted molar refractivity (Wildman–Crippen MR) is 65.7 cm³/mol. The van der Waals surface area contributed by atoms with Gasteiger partial charge in [-0.2, -0.15) is 0 Å². The molecular formula is C14H18O3. The summed E-state index contributed by atoms with van der Waals surface area (Å²) in [5, 5.41) is 0. The van der Waals surface area contributed by atoms with Gasteiger partial charge in [0.2, 0.25) is 0 Å². The van der Waals surface area contributed by atoms with Crippen LogP contribution in [0.25, 0.3) is 0 Å². The molecule has 0 aliphatic heterocycles. The zero-order valence-corrected chi connectivity index (χ0v) is 10.5. The minimum atomic E-state index is -0.659. The topological polar surface area (TPSA) is 43.4 Å². The molecule has 1 rings (SSSR count). The number of carbonyl (C=O) groups excluding carboxylic acids is 2. The second kappa shape index (κ2) is 5.62. The Balaban J connectivity index is 2.77. The monoisotopic (exact) mass is 234 g/mol. The molecule has 1 aromatic carbocycles. The molecule has 0 saturated heterocycles. The largest absolute Gasteiger partial charge is 0.466 e. The number of hydrogen-bond acceptors (Lipinski definition) is 3. The molecule has 1 aromatic rings. The summed E-state index contributed by atoms with van der Waals surface area (Å²) in [4.78, 5) is 23.3. The highest BCUT2D eigenvalue weighted by Crippen LogP contribution is 2.25. The number of ketones is 1. The zero-order valence-electron chi connectivity index (χ0n) is 10.5. The van der Waals surface area contributed by atoms with Crippen LogP contribution in [-0.2, 0) is 19.7 Å². The fraction of sp³-hybridized carbons (Fsp3) is 0.429. The molecule has 0 N–H and O–H groups in total. The van der Waals surface area contributed by atoms with Crippen molar-refractivity contribution in [3.05, 3.63) is 35.9 Å². The van der Waals surface area contributed by atoms with E-state index in [1.165, 1.54) is 0 Å². The Kier molecular flexibility index (Phi) is 4.44. The maximum absolute atomic E-state index is 12.0. The third-order valence-electron chi connectivity index (χ3n) is 2.80. The van der Waals surface area contributed by atoms with Crippen LogP contribution in [-0.4, -0.2) is 18.4 Å². The molecule has 0 aliphatic carbocycles. The van der Waals surface area contributed by atoms with Crippen molar-refractivity contribution >= 4 is 11.8 Å². The molecule has 0 unspecified atom stereocenters. The van der Waals surface area contributed by atoms with Crippen molar-refractivity contribution in [2.75, 3.05) is 6.61 Å². The second-order valence-corrected chi connectivity index (χ2v) is 4.40. The van der Waals surface area contributed by atoms with Crippen LogP contribution in [0.4, 0.5) is 0 Å². The van der Waals surface area contributed by atoms with E-state index in [1.54, 1.807) is 6.92 Å². The average molecular weight is 234 g/mol. The Morgan fingerprint density at radius 1 is 1.18 bits per heavy atom. The Labute approximate surface area is 102 Å².